The van der Waals surface area contributed by atoms with Crippen LogP contribution >= 0.6 is 11.6 Å². The van der Waals surface area contributed by atoms with Crippen LogP contribution < -0.4 is 14.4 Å². The molecule has 0 radical (unpaired) electrons. The van der Waals surface area contributed by atoms with Gasteiger partial charge in [0.05, 0.1) is 30.1 Å². The number of nitrogens with zero attached hydrogens (tertiary/aromatic N) is 2. The average molecular weight is 698 g/mol. The van der Waals surface area contributed by atoms with E-state index in [9.17, 15) is 28.2 Å². The SMILES string of the molecule is CN1CC/C=C\[C@H](O)[C@@H]2CC[C@H]2CN2C[C@@]3(CCCc4cc(Cl)ccc43)COc3ccc(cc32)[C@@](O)(C(=O)NS(=O)(=O)C2CC2)CC1=O. The van der Waals surface area contributed by atoms with Gasteiger partial charge < -0.3 is 24.7 Å². The fraction of sp³-hybridized carbons (Fsp3) is 0.556. The number of nitrogens with one attached hydrogen (secondary N) is 1. The highest BCUT2D eigenvalue weighted by Gasteiger charge is 2.48. The van der Waals surface area contributed by atoms with Crippen molar-refractivity contribution in [2.24, 2.45) is 11.8 Å². The van der Waals surface area contributed by atoms with Crippen LogP contribution in [0.4, 0.5) is 5.69 Å². The molecule has 3 aliphatic carbocycles. The Balaban J connectivity index is 1.33. The van der Waals surface area contributed by atoms with E-state index in [1.54, 1.807) is 25.2 Å². The molecule has 0 aromatic heterocycles. The van der Waals surface area contributed by atoms with Gasteiger partial charge in [0, 0.05) is 37.1 Å². The van der Waals surface area contributed by atoms with Crippen molar-refractivity contribution in [1.82, 2.24) is 9.62 Å². The number of benzene rings is 2. The van der Waals surface area contributed by atoms with E-state index in [2.05, 4.69) is 15.7 Å². The molecule has 2 aliphatic heterocycles. The summed E-state index contributed by atoms with van der Waals surface area (Å²) in [6.07, 6.45) is 8.41. The molecule has 48 heavy (non-hydrogen) atoms. The third-order valence-corrected chi connectivity index (χ3v) is 13.3. The fourth-order valence-corrected chi connectivity index (χ4v) is 9.58. The quantitative estimate of drug-likeness (QED) is 0.413. The molecular weight excluding hydrogens is 654 g/mol. The van der Waals surface area contributed by atoms with Gasteiger partial charge in [0.15, 0.2) is 5.60 Å². The first kappa shape index (κ1) is 33.4. The number of aliphatic hydroxyl groups excluding tert-OH is 1. The number of sulfonamides is 1. The number of carbonyl (C=O) groups excluding carboxylic acids is 2. The maximum Gasteiger partial charge on any atom is 0.270 e. The highest BCUT2D eigenvalue weighted by Crippen LogP contribution is 2.47. The lowest BCUT2D eigenvalue weighted by Gasteiger charge is -2.45. The van der Waals surface area contributed by atoms with Crippen molar-refractivity contribution in [2.75, 3.05) is 38.2 Å². The van der Waals surface area contributed by atoms with Crippen molar-refractivity contribution < 1.29 is 33.0 Å². The van der Waals surface area contributed by atoms with Gasteiger partial charge >= 0.3 is 0 Å². The van der Waals surface area contributed by atoms with Gasteiger partial charge in [0.25, 0.3) is 5.91 Å². The van der Waals surface area contributed by atoms with Crippen LogP contribution in [0.5, 0.6) is 5.75 Å². The molecule has 0 unspecified atom stereocenters. The summed E-state index contributed by atoms with van der Waals surface area (Å²) in [6, 6.07) is 11.0. The van der Waals surface area contributed by atoms with E-state index < -0.39 is 45.2 Å². The average Bonchev–Trinajstić information content (AvgIpc) is 3.90. The van der Waals surface area contributed by atoms with E-state index >= 15 is 0 Å². The number of halogens is 1. The number of hydrogen-bond acceptors (Lipinski definition) is 8. The molecule has 2 fully saturated rings. The molecule has 5 aliphatic rings. The largest absolute Gasteiger partial charge is 0.490 e. The number of fused-ring (bicyclic) bond motifs is 4. The van der Waals surface area contributed by atoms with Gasteiger partial charge in [0.1, 0.15) is 5.75 Å². The van der Waals surface area contributed by atoms with Crippen LogP contribution in [-0.4, -0.2) is 80.0 Å². The fourth-order valence-electron chi connectivity index (χ4n) is 8.04. The minimum Gasteiger partial charge on any atom is -0.490 e. The number of amides is 2. The van der Waals surface area contributed by atoms with Crippen LogP contribution in [-0.2, 0) is 37.0 Å². The lowest BCUT2D eigenvalue weighted by molar-refractivity contribution is -0.148. The standard InChI is InChI=1S/C36H44ClN3O7S/c1-39-16-3-2-6-31(41)28-12-7-24(28)20-40-21-35(15-4-5-23-17-26(37)9-13-29(23)35)22-47-32-14-8-25(18-30(32)40)36(44,19-33(39)42)34(43)38-48(45,46)27-10-11-27/h2,6,8-9,13-14,17-18,24,27-28,31,41,44H,3-5,7,10-12,15-16,19-22H2,1H3,(H,38,43)/b6-2-/t24-,28+,31-,35-,36+/m0/s1. The summed E-state index contributed by atoms with van der Waals surface area (Å²) in [4.78, 5) is 31.0. The monoisotopic (exact) mass is 697 g/mol. The van der Waals surface area contributed by atoms with Crippen LogP contribution in [0.15, 0.2) is 48.6 Å². The summed E-state index contributed by atoms with van der Waals surface area (Å²) in [5, 5.41) is 23.4. The number of ether oxygens (including phenoxy) is 1. The maximum atomic E-state index is 13.8. The van der Waals surface area contributed by atoms with Crippen LogP contribution in [0.25, 0.3) is 0 Å². The minimum absolute atomic E-state index is 0.0630. The molecule has 2 bridgehead atoms. The lowest BCUT2D eigenvalue weighted by Crippen LogP contribution is -2.50. The van der Waals surface area contributed by atoms with Gasteiger partial charge in [-0.25, -0.2) is 8.42 Å². The molecule has 2 aromatic carbocycles. The maximum absolute atomic E-state index is 13.8. The molecule has 10 nitrogen and oxygen atoms in total. The summed E-state index contributed by atoms with van der Waals surface area (Å²) in [5.74, 6) is -0.836. The Hall–Kier alpha value is -3.12. The Labute approximate surface area is 287 Å². The molecular formula is C36H44ClN3O7S. The molecule has 7 rings (SSSR count). The van der Waals surface area contributed by atoms with Crippen LogP contribution in [0.1, 0.15) is 68.1 Å². The van der Waals surface area contributed by atoms with E-state index in [1.807, 2.05) is 24.3 Å². The third kappa shape index (κ3) is 6.23. The summed E-state index contributed by atoms with van der Waals surface area (Å²) in [5.41, 5.74) is 0.344. The zero-order valence-electron chi connectivity index (χ0n) is 27.2. The van der Waals surface area contributed by atoms with Crippen molar-refractivity contribution in [3.05, 3.63) is 70.3 Å². The number of hydrogen-bond donors (Lipinski definition) is 3. The van der Waals surface area contributed by atoms with Crippen molar-refractivity contribution in [1.29, 1.82) is 0 Å². The Morgan fingerprint density at radius 1 is 1.12 bits per heavy atom. The molecule has 5 atom stereocenters. The number of rotatable bonds is 3. The summed E-state index contributed by atoms with van der Waals surface area (Å²) in [6.45, 7) is 1.92. The van der Waals surface area contributed by atoms with E-state index in [-0.39, 0.29) is 22.8 Å². The predicted octanol–water partition coefficient (Wildman–Crippen LogP) is 3.80. The second kappa shape index (κ2) is 12.6. The minimum atomic E-state index is -4.01. The van der Waals surface area contributed by atoms with Gasteiger partial charge in [-0.15, -0.1) is 0 Å². The molecule has 2 heterocycles. The van der Waals surface area contributed by atoms with Crippen LogP contribution in [0.2, 0.25) is 5.02 Å². The Morgan fingerprint density at radius 2 is 1.94 bits per heavy atom. The van der Waals surface area contributed by atoms with Crippen LogP contribution in [0.3, 0.4) is 0 Å². The van der Waals surface area contributed by atoms with Gasteiger partial charge in [-0.3, -0.25) is 14.3 Å². The first-order valence-corrected chi connectivity index (χ1v) is 19.0. The summed E-state index contributed by atoms with van der Waals surface area (Å²) < 4.78 is 34.5. The van der Waals surface area contributed by atoms with Gasteiger partial charge in [0.2, 0.25) is 15.9 Å². The molecule has 1 spiro atoms. The third-order valence-electron chi connectivity index (χ3n) is 11.3. The molecule has 12 heteroatoms. The Morgan fingerprint density at radius 3 is 2.69 bits per heavy atom. The number of aryl methyl sites for hydroxylation is 1. The second-order valence-corrected chi connectivity index (χ2v) is 16.9. The highest BCUT2D eigenvalue weighted by atomic mass is 35.5. The molecule has 2 saturated carbocycles. The van der Waals surface area contributed by atoms with Crippen molar-refractivity contribution in [2.45, 2.75) is 80.2 Å². The van der Waals surface area contributed by atoms with Crippen LogP contribution in [0, 0.1) is 11.8 Å². The van der Waals surface area contributed by atoms with Crippen molar-refractivity contribution >= 4 is 39.1 Å². The summed E-state index contributed by atoms with van der Waals surface area (Å²) in [7, 11) is -2.43. The summed E-state index contributed by atoms with van der Waals surface area (Å²) >= 11 is 6.42. The van der Waals surface area contributed by atoms with Crippen molar-refractivity contribution in [3.8, 4) is 5.75 Å². The first-order valence-electron chi connectivity index (χ1n) is 17.1. The van der Waals surface area contributed by atoms with E-state index in [0.717, 1.165) is 32.1 Å². The zero-order valence-corrected chi connectivity index (χ0v) is 28.8. The zero-order chi connectivity index (χ0) is 33.8. The van der Waals surface area contributed by atoms with Crippen molar-refractivity contribution in [3.63, 3.8) is 0 Å². The number of anilines is 1. The molecule has 2 aromatic rings. The lowest BCUT2D eigenvalue weighted by atomic mass is 9.68. The first-order chi connectivity index (χ1) is 22.9. The van der Waals surface area contributed by atoms with E-state index in [0.29, 0.717) is 62.0 Å². The topological polar surface area (TPSA) is 136 Å². The van der Waals surface area contributed by atoms with E-state index in [1.165, 1.54) is 16.0 Å². The van der Waals surface area contributed by atoms with Gasteiger partial charge in [-0.05, 0) is 104 Å². The Kier molecular flexibility index (Phi) is 8.79. The van der Waals surface area contributed by atoms with Gasteiger partial charge in [-0.2, -0.15) is 0 Å². The number of carbonyl (C=O) groups is 2. The molecule has 258 valence electrons. The predicted molar refractivity (Wildman–Crippen MR) is 182 cm³/mol. The highest BCUT2D eigenvalue weighted by molar-refractivity contribution is 7.90. The van der Waals surface area contributed by atoms with Gasteiger partial charge in [-0.1, -0.05) is 35.9 Å². The van der Waals surface area contributed by atoms with E-state index in [4.69, 9.17) is 16.3 Å². The molecule has 2 amide bonds. The second-order valence-electron chi connectivity index (χ2n) is 14.5. The smallest absolute Gasteiger partial charge is 0.270 e. The molecule has 0 saturated heterocycles. The Bertz CT molecular complexity index is 1750. The molecule has 3 N–H and O–H groups in total. The normalized spacial score (nSPS) is 31.5. The number of aliphatic hydroxyl groups is 2.